The molecule has 0 aliphatic rings. The highest BCUT2D eigenvalue weighted by molar-refractivity contribution is 4.57. The maximum Gasteiger partial charge on any atom is 0.113 e. The van der Waals surface area contributed by atoms with Crippen molar-refractivity contribution in [3.8, 4) is 0 Å². The van der Waals surface area contributed by atoms with Crippen molar-refractivity contribution in [1.82, 2.24) is 15.5 Å². The van der Waals surface area contributed by atoms with Crippen LogP contribution in [-0.2, 0) is 0 Å². The number of rotatable bonds is 7. The van der Waals surface area contributed by atoms with Gasteiger partial charge in [0, 0.05) is 0 Å². The predicted octanol–water partition coefficient (Wildman–Crippen LogP) is 0.831. The number of unbranched alkanes of at least 4 members (excludes halogenated alkanes) is 2. The van der Waals surface area contributed by atoms with Gasteiger partial charge in [-0.2, -0.15) is 0 Å². The summed E-state index contributed by atoms with van der Waals surface area (Å²) in [4.78, 5) is 2.13. The van der Waals surface area contributed by atoms with Crippen LogP contribution in [0.3, 0.4) is 0 Å². The molecule has 0 heterocycles. The molecule has 0 spiro atoms. The third-order valence-corrected chi connectivity index (χ3v) is 1.91. The molecule has 0 aromatic carbocycles. The summed E-state index contributed by atoms with van der Waals surface area (Å²) in [5.74, 6) is 0. The quantitative estimate of drug-likeness (QED) is 0.441. The van der Waals surface area contributed by atoms with Crippen LogP contribution >= 0.6 is 0 Å². The molecule has 1 atom stereocenters. The van der Waals surface area contributed by atoms with E-state index in [2.05, 4.69) is 36.6 Å². The van der Waals surface area contributed by atoms with E-state index in [-0.39, 0.29) is 0 Å². The molecule has 0 aromatic rings. The number of hydrogen-bond acceptors (Lipinski definition) is 3. The lowest BCUT2D eigenvalue weighted by atomic mass is 10.2. The molecule has 1 unspecified atom stereocenters. The van der Waals surface area contributed by atoms with Gasteiger partial charge in [0.05, 0.1) is 0 Å². The van der Waals surface area contributed by atoms with E-state index in [0.29, 0.717) is 6.29 Å². The molecule has 0 saturated carbocycles. The van der Waals surface area contributed by atoms with Crippen LogP contribution < -0.4 is 10.6 Å². The predicted molar refractivity (Wildman–Crippen MR) is 54.1 cm³/mol. The minimum atomic E-state index is 0.307. The van der Waals surface area contributed by atoms with Crippen molar-refractivity contribution in [2.45, 2.75) is 32.5 Å². The first-order valence-electron chi connectivity index (χ1n) is 4.79. The van der Waals surface area contributed by atoms with Gasteiger partial charge in [0.25, 0.3) is 0 Å². The van der Waals surface area contributed by atoms with Crippen LogP contribution in [0.2, 0.25) is 0 Å². The Morgan fingerprint density at radius 3 is 2.33 bits per heavy atom. The lowest BCUT2D eigenvalue weighted by Crippen LogP contribution is -2.50. The minimum Gasteiger partial charge on any atom is -0.293 e. The zero-order chi connectivity index (χ0) is 9.40. The van der Waals surface area contributed by atoms with Gasteiger partial charge >= 0.3 is 0 Å². The summed E-state index contributed by atoms with van der Waals surface area (Å²) in [6.45, 7) is 3.32. The third kappa shape index (κ3) is 5.52. The Labute approximate surface area is 76.5 Å². The number of hydrogen-bond donors (Lipinski definition) is 2. The van der Waals surface area contributed by atoms with Crippen molar-refractivity contribution in [1.29, 1.82) is 0 Å². The van der Waals surface area contributed by atoms with Gasteiger partial charge < -0.3 is 0 Å². The molecule has 0 saturated heterocycles. The molecule has 0 aliphatic carbocycles. The average Bonchev–Trinajstić information content (AvgIpc) is 2.04. The Bertz CT molecular complexity index is 93.8. The van der Waals surface area contributed by atoms with Crippen molar-refractivity contribution in [2.75, 3.05) is 27.7 Å². The SMILES string of the molecule is CCCCCNC(NC)N(C)C. The zero-order valence-electron chi connectivity index (χ0n) is 8.85. The van der Waals surface area contributed by atoms with Gasteiger partial charge in [-0.3, -0.25) is 15.5 Å². The van der Waals surface area contributed by atoms with E-state index in [1.165, 1.54) is 19.3 Å². The average molecular weight is 173 g/mol. The van der Waals surface area contributed by atoms with Gasteiger partial charge in [0.1, 0.15) is 6.29 Å². The molecule has 2 N–H and O–H groups in total. The van der Waals surface area contributed by atoms with Gasteiger partial charge in [-0.1, -0.05) is 19.8 Å². The molecule has 0 bridgehead atoms. The fourth-order valence-electron chi connectivity index (χ4n) is 1.16. The fourth-order valence-corrected chi connectivity index (χ4v) is 1.16. The highest BCUT2D eigenvalue weighted by atomic mass is 15.3. The van der Waals surface area contributed by atoms with Gasteiger partial charge in [-0.25, -0.2) is 0 Å². The Kier molecular flexibility index (Phi) is 7.45. The second-order valence-corrected chi connectivity index (χ2v) is 3.32. The van der Waals surface area contributed by atoms with E-state index in [9.17, 15) is 0 Å². The van der Waals surface area contributed by atoms with E-state index in [1.807, 2.05) is 7.05 Å². The van der Waals surface area contributed by atoms with E-state index < -0.39 is 0 Å². The third-order valence-electron chi connectivity index (χ3n) is 1.91. The van der Waals surface area contributed by atoms with Crippen molar-refractivity contribution >= 4 is 0 Å². The smallest absolute Gasteiger partial charge is 0.113 e. The summed E-state index contributed by atoms with van der Waals surface area (Å²) in [6, 6.07) is 0. The first-order chi connectivity index (χ1) is 5.72. The van der Waals surface area contributed by atoms with Gasteiger partial charge in [0.2, 0.25) is 0 Å². The molecular weight excluding hydrogens is 150 g/mol. The van der Waals surface area contributed by atoms with Gasteiger partial charge in [0.15, 0.2) is 0 Å². The topological polar surface area (TPSA) is 27.3 Å². The van der Waals surface area contributed by atoms with Gasteiger partial charge in [-0.05, 0) is 34.1 Å². The lowest BCUT2D eigenvalue weighted by molar-refractivity contribution is 0.213. The van der Waals surface area contributed by atoms with Gasteiger partial charge in [-0.15, -0.1) is 0 Å². The summed E-state index contributed by atoms with van der Waals surface area (Å²) in [6.07, 6.45) is 4.18. The molecule has 0 fully saturated rings. The lowest BCUT2D eigenvalue weighted by Gasteiger charge is -2.24. The molecule has 3 heteroatoms. The molecule has 0 radical (unpaired) electrons. The number of nitrogens with zero attached hydrogens (tertiary/aromatic N) is 1. The van der Waals surface area contributed by atoms with E-state index in [1.54, 1.807) is 0 Å². The monoisotopic (exact) mass is 173 g/mol. The Morgan fingerprint density at radius 1 is 1.25 bits per heavy atom. The summed E-state index contributed by atoms with van der Waals surface area (Å²) in [5, 5.41) is 6.61. The molecule has 12 heavy (non-hydrogen) atoms. The normalized spacial score (nSPS) is 13.8. The molecule has 0 amide bonds. The van der Waals surface area contributed by atoms with E-state index >= 15 is 0 Å². The first kappa shape index (κ1) is 11.9. The van der Waals surface area contributed by atoms with Crippen LogP contribution in [0.25, 0.3) is 0 Å². The Balaban J connectivity index is 3.32. The summed E-state index contributed by atoms with van der Waals surface area (Å²) < 4.78 is 0. The Hall–Kier alpha value is -0.120. The fraction of sp³-hybridized carbons (Fsp3) is 1.00. The maximum absolute atomic E-state index is 3.42. The largest absolute Gasteiger partial charge is 0.293 e. The van der Waals surface area contributed by atoms with Crippen LogP contribution in [0.5, 0.6) is 0 Å². The van der Waals surface area contributed by atoms with Crippen LogP contribution in [0.4, 0.5) is 0 Å². The van der Waals surface area contributed by atoms with Crippen molar-refractivity contribution in [3.05, 3.63) is 0 Å². The zero-order valence-corrected chi connectivity index (χ0v) is 8.85. The number of nitrogens with one attached hydrogen (secondary N) is 2. The van der Waals surface area contributed by atoms with Crippen LogP contribution in [0, 0.1) is 0 Å². The van der Waals surface area contributed by atoms with Crippen LogP contribution in [-0.4, -0.2) is 38.9 Å². The molecule has 0 aliphatic heterocycles. The molecule has 74 valence electrons. The standard InChI is InChI=1S/C9H23N3/c1-5-6-7-8-11-9(10-2)12(3)4/h9-11H,5-8H2,1-4H3. The molecule has 3 nitrogen and oxygen atoms in total. The van der Waals surface area contributed by atoms with Crippen molar-refractivity contribution in [2.24, 2.45) is 0 Å². The van der Waals surface area contributed by atoms with E-state index in [4.69, 9.17) is 0 Å². The summed E-state index contributed by atoms with van der Waals surface area (Å²) >= 11 is 0. The van der Waals surface area contributed by atoms with Crippen LogP contribution in [0.1, 0.15) is 26.2 Å². The second-order valence-electron chi connectivity index (χ2n) is 3.32. The van der Waals surface area contributed by atoms with Crippen LogP contribution in [0.15, 0.2) is 0 Å². The van der Waals surface area contributed by atoms with Crippen molar-refractivity contribution in [3.63, 3.8) is 0 Å². The molecule has 0 aromatic heterocycles. The molecular formula is C9H23N3. The highest BCUT2D eigenvalue weighted by Gasteiger charge is 2.04. The Morgan fingerprint density at radius 2 is 1.92 bits per heavy atom. The molecule has 0 rings (SSSR count). The highest BCUT2D eigenvalue weighted by Crippen LogP contribution is 1.92. The first-order valence-corrected chi connectivity index (χ1v) is 4.79. The van der Waals surface area contributed by atoms with E-state index in [0.717, 1.165) is 6.54 Å². The summed E-state index contributed by atoms with van der Waals surface area (Å²) in [5.41, 5.74) is 0. The van der Waals surface area contributed by atoms with Crippen molar-refractivity contribution < 1.29 is 0 Å². The second kappa shape index (κ2) is 7.53. The summed E-state index contributed by atoms with van der Waals surface area (Å²) in [7, 11) is 6.10. The minimum absolute atomic E-state index is 0.307. The maximum atomic E-state index is 3.42.